The number of para-hydroxylation sites is 2. The molecular weight excluding hydrogens is 371 g/mol. The summed E-state index contributed by atoms with van der Waals surface area (Å²) in [6, 6.07) is 16.0. The molecule has 0 bridgehead atoms. The van der Waals surface area contributed by atoms with E-state index in [9.17, 15) is 18.0 Å². The summed E-state index contributed by atoms with van der Waals surface area (Å²) in [6.07, 6.45) is -4.51. The van der Waals surface area contributed by atoms with Crippen molar-refractivity contribution >= 4 is 17.4 Å². The van der Waals surface area contributed by atoms with Gasteiger partial charge in [0.15, 0.2) is 5.75 Å². The minimum atomic E-state index is -4.51. The van der Waals surface area contributed by atoms with Crippen molar-refractivity contribution in [2.45, 2.75) is 6.18 Å². The van der Waals surface area contributed by atoms with Gasteiger partial charge >= 0.3 is 12.1 Å². The second kappa shape index (κ2) is 6.53. The van der Waals surface area contributed by atoms with E-state index in [1.807, 2.05) is 0 Å². The number of ether oxygens (including phenoxy) is 1. The van der Waals surface area contributed by atoms with Crippen LogP contribution in [0, 0.1) is 0 Å². The van der Waals surface area contributed by atoms with Gasteiger partial charge in [0.1, 0.15) is 11.4 Å². The number of nitrogens with zero attached hydrogens (tertiary/aromatic N) is 1. The molecule has 7 heteroatoms. The highest BCUT2D eigenvalue weighted by Crippen LogP contribution is 2.41. The Morgan fingerprint density at radius 2 is 1.64 bits per heavy atom. The van der Waals surface area contributed by atoms with Crippen LogP contribution in [-0.4, -0.2) is 16.8 Å². The van der Waals surface area contributed by atoms with Gasteiger partial charge in [-0.25, -0.2) is 9.79 Å². The Morgan fingerprint density at radius 3 is 2.32 bits per heavy atom. The minimum Gasteiger partial charge on any atom is -0.478 e. The molecule has 3 aromatic carbocycles. The molecule has 4 rings (SSSR count). The zero-order valence-electron chi connectivity index (χ0n) is 14.2. The first-order valence-corrected chi connectivity index (χ1v) is 8.24. The van der Waals surface area contributed by atoms with Crippen LogP contribution in [0.3, 0.4) is 0 Å². The van der Waals surface area contributed by atoms with Gasteiger partial charge in [-0.15, -0.1) is 0 Å². The molecule has 1 heterocycles. The predicted molar refractivity (Wildman–Crippen MR) is 96.7 cm³/mol. The van der Waals surface area contributed by atoms with Crippen molar-refractivity contribution in [3.63, 3.8) is 0 Å². The standard InChI is InChI=1S/C21H12F3NO3/c22-21(23,24)14-9-10-15-18(11-14)28-17-4-2-1-3-16(17)25-19(15)12-5-7-13(8-6-12)20(26)27/h1-11H,(H,26,27). The molecule has 0 aliphatic carbocycles. The van der Waals surface area contributed by atoms with Crippen molar-refractivity contribution in [1.82, 2.24) is 0 Å². The van der Waals surface area contributed by atoms with Crippen LogP contribution in [0.4, 0.5) is 18.9 Å². The van der Waals surface area contributed by atoms with Gasteiger partial charge in [0.05, 0.1) is 16.8 Å². The Bertz CT molecular complexity index is 1100. The summed E-state index contributed by atoms with van der Waals surface area (Å²) in [7, 11) is 0. The van der Waals surface area contributed by atoms with Gasteiger partial charge in [-0.3, -0.25) is 0 Å². The third kappa shape index (κ3) is 3.22. The summed E-state index contributed by atoms with van der Waals surface area (Å²) in [5.74, 6) is -0.709. The summed E-state index contributed by atoms with van der Waals surface area (Å²) in [5, 5.41) is 9.07. The monoisotopic (exact) mass is 383 g/mol. The van der Waals surface area contributed by atoms with Crippen molar-refractivity contribution in [2.75, 3.05) is 0 Å². The third-order valence-corrected chi connectivity index (χ3v) is 4.29. The molecule has 1 aliphatic rings. The molecule has 28 heavy (non-hydrogen) atoms. The lowest BCUT2D eigenvalue weighted by atomic mass is 9.98. The van der Waals surface area contributed by atoms with Gasteiger partial charge < -0.3 is 9.84 Å². The van der Waals surface area contributed by atoms with E-state index in [0.717, 1.165) is 12.1 Å². The number of carbonyl (C=O) groups is 1. The minimum absolute atomic E-state index is 0.0286. The molecule has 0 radical (unpaired) electrons. The molecule has 1 N–H and O–H groups in total. The van der Waals surface area contributed by atoms with Crippen LogP contribution in [0.2, 0.25) is 0 Å². The molecule has 140 valence electrons. The first-order chi connectivity index (χ1) is 13.3. The van der Waals surface area contributed by atoms with E-state index >= 15 is 0 Å². The van der Waals surface area contributed by atoms with Crippen molar-refractivity contribution in [1.29, 1.82) is 0 Å². The predicted octanol–water partition coefficient (Wildman–Crippen LogP) is 5.68. The highest BCUT2D eigenvalue weighted by atomic mass is 19.4. The normalized spacial score (nSPS) is 12.9. The number of aliphatic imine (C=N–C) groups is 1. The van der Waals surface area contributed by atoms with Gasteiger partial charge in [-0.1, -0.05) is 24.3 Å². The van der Waals surface area contributed by atoms with Gasteiger partial charge in [-0.2, -0.15) is 13.2 Å². The van der Waals surface area contributed by atoms with Gasteiger partial charge in [0, 0.05) is 11.1 Å². The average molecular weight is 383 g/mol. The number of rotatable bonds is 2. The van der Waals surface area contributed by atoms with E-state index in [2.05, 4.69) is 4.99 Å². The van der Waals surface area contributed by atoms with Crippen molar-refractivity contribution in [3.8, 4) is 11.5 Å². The maximum absolute atomic E-state index is 13.2. The lowest BCUT2D eigenvalue weighted by Gasteiger charge is -2.13. The summed E-state index contributed by atoms with van der Waals surface area (Å²) >= 11 is 0. The average Bonchev–Trinajstić information content (AvgIpc) is 2.83. The van der Waals surface area contributed by atoms with Crippen molar-refractivity contribution in [2.24, 2.45) is 4.99 Å². The van der Waals surface area contributed by atoms with Crippen LogP contribution in [0.15, 0.2) is 71.7 Å². The number of hydrogen-bond acceptors (Lipinski definition) is 3. The third-order valence-electron chi connectivity index (χ3n) is 4.29. The first kappa shape index (κ1) is 17.8. The summed E-state index contributed by atoms with van der Waals surface area (Å²) in [4.78, 5) is 15.7. The molecule has 0 aromatic heterocycles. The summed E-state index contributed by atoms with van der Waals surface area (Å²) in [6.45, 7) is 0. The van der Waals surface area contributed by atoms with Crippen LogP contribution < -0.4 is 4.74 Å². The number of carboxylic acid groups (broad SMARTS) is 1. The van der Waals surface area contributed by atoms with E-state index in [1.165, 1.54) is 18.2 Å². The lowest BCUT2D eigenvalue weighted by Crippen LogP contribution is -2.09. The number of benzene rings is 3. The molecule has 0 unspecified atom stereocenters. The summed E-state index contributed by atoms with van der Waals surface area (Å²) < 4.78 is 45.2. The molecule has 0 saturated carbocycles. The SMILES string of the molecule is O=C(O)c1ccc(C2=Nc3ccccc3Oc3cc(C(F)(F)F)ccc32)cc1. The fourth-order valence-electron chi connectivity index (χ4n) is 2.90. The molecular formula is C21H12F3NO3. The highest BCUT2D eigenvalue weighted by molar-refractivity contribution is 6.16. The molecule has 0 atom stereocenters. The van der Waals surface area contributed by atoms with Crippen LogP contribution in [-0.2, 0) is 6.18 Å². The van der Waals surface area contributed by atoms with Crippen molar-refractivity contribution in [3.05, 3.63) is 89.0 Å². The highest BCUT2D eigenvalue weighted by Gasteiger charge is 2.32. The van der Waals surface area contributed by atoms with Crippen LogP contribution in [0.1, 0.15) is 27.0 Å². The molecule has 4 nitrogen and oxygen atoms in total. The van der Waals surface area contributed by atoms with Crippen LogP contribution in [0.25, 0.3) is 0 Å². The van der Waals surface area contributed by atoms with E-state index in [1.54, 1.807) is 36.4 Å². The molecule has 0 spiro atoms. The first-order valence-electron chi connectivity index (χ1n) is 8.24. The van der Waals surface area contributed by atoms with Crippen molar-refractivity contribution < 1.29 is 27.8 Å². The Kier molecular flexibility index (Phi) is 4.15. The van der Waals surface area contributed by atoms with Gasteiger partial charge in [0.25, 0.3) is 0 Å². The Hall–Kier alpha value is -3.61. The molecule has 0 amide bonds. The number of alkyl halides is 3. The Morgan fingerprint density at radius 1 is 0.929 bits per heavy atom. The molecule has 0 fully saturated rings. The molecule has 3 aromatic rings. The zero-order valence-corrected chi connectivity index (χ0v) is 14.2. The fraction of sp³-hybridized carbons (Fsp3) is 0.0476. The summed E-state index contributed by atoms with van der Waals surface area (Å²) in [5.41, 5.74) is 1.07. The Balaban J connectivity index is 1.91. The maximum atomic E-state index is 13.2. The maximum Gasteiger partial charge on any atom is 0.416 e. The van der Waals surface area contributed by atoms with Crippen LogP contribution >= 0.6 is 0 Å². The van der Waals surface area contributed by atoms with E-state index in [-0.39, 0.29) is 11.3 Å². The quantitative estimate of drug-likeness (QED) is 0.485. The number of fused-ring (bicyclic) bond motifs is 2. The largest absolute Gasteiger partial charge is 0.478 e. The second-order valence-electron chi connectivity index (χ2n) is 6.12. The fourth-order valence-corrected chi connectivity index (χ4v) is 2.90. The van der Waals surface area contributed by atoms with Gasteiger partial charge in [0.2, 0.25) is 0 Å². The van der Waals surface area contributed by atoms with E-state index in [4.69, 9.17) is 9.84 Å². The van der Waals surface area contributed by atoms with Gasteiger partial charge in [-0.05, 0) is 42.5 Å². The lowest BCUT2D eigenvalue weighted by molar-refractivity contribution is -0.137. The number of halogens is 3. The van der Waals surface area contributed by atoms with E-state index < -0.39 is 17.7 Å². The number of carboxylic acids is 1. The van der Waals surface area contributed by atoms with E-state index in [0.29, 0.717) is 28.3 Å². The number of aromatic carboxylic acids is 1. The van der Waals surface area contributed by atoms with Crippen LogP contribution in [0.5, 0.6) is 11.5 Å². The Labute approximate surface area is 157 Å². The zero-order chi connectivity index (χ0) is 19.9. The topological polar surface area (TPSA) is 58.9 Å². The molecule has 0 saturated heterocycles. The number of hydrogen-bond donors (Lipinski definition) is 1. The molecule has 1 aliphatic heterocycles. The smallest absolute Gasteiger partial charge is 0.416 e. The second-order valence-corrected chi connectivity index (χ2v) is 6.12.